The van der Waals surface area contributed by atoms with Crippen LogP contribution in [0, 0.1) is 10.1 Å². The Bertz CT molecular complexity index is 555. The molecule has 0 fully saturated rings. The molecular weight excluding hydrogens is 323 g/mol. The fraction of sp³-hybridized carbons (Fsp3) is 0.500. The van der Waals surface area contributed by atoms with Gasteiger partial charge in [-0.3, -0.25) is 14.7 Å². The minimum absolute atomic E-state index is 0.292. The summed E-state index contributed by atoms with van der Waals surface area (Å²) in [6.07, 6.45) is -2.49. The van der Waals surface area contributed by atoms with Crippen LogP contribution in [0.3, 0.4) is 0 Å². The summed E-state index contributed by atoms with van der Waals surface area (Å²) in [7, 11) is -4.89. The van der Waals surface area contributed by atoms with E-state index < -0.39 is 24.3 Å². The Hall–Kier alpha value is -1.41. The predicted molar refractivity (Wildman–Crippen MR) is 73.9 cm³/mol. The molecule has 0 saturated heterocycles. The molecule has 0 heterocycles. The second-order valence-corrected chi connectivity index (χ2v) is 6.28. The Morgan fingerprint density at radius 3 is 2.09 bits per heavy atom. The highest BCUT2D eigenvalue weighted by molar-refractivity contribution is 7.55. The Balaban J connectivity index is 3.13. The van der Waals surface area contributed by atoms with Gasteiger partial charge in [-0.15, -0.1) is 0 Å². The normalized spacial score (nSPS) is 13.9. The maximum Gasteiger partial charge on any atom is 0.402 e. The second-order valence-electron chi connectivity index (χ2n) is 4.17. The van der Waals surface area contributed by atoms with Gasteiger partial charge in [0.2, 0.25) is 0 Å². The fourth-order valence-corrected chi connectivity index (χ4v) is 3.23. The Kier molecular flexibility index (Phi) is 6.13. The minimum Gasteiger partial charge on any atom is -0.381 e. The van der Waals surface area contributed by atoms with Crippen LogP contribution in [0.25, 0.3) is 0 Å². The molecule has 1 aromatic rings. The van der Waals surface area contributed by atoms with E-state index in [0.717, 1.165) is 24.3 Å². The zero-order chi connectivity index (χ0) is 17.0. The summed E-state index contributed by atoms with van der Waals surface area (Å²) in [4.78, 5) is 9.81. The van der Waals surface area contributed by atoms with Crippen molar-refractivity contribution < 1.29 is 32.4 Å². The number of rotatable bonds is 8. The van der Waals surface area contributed by atoms with Crippen molar-refractivity contribution >= 4 is 13.3 Å². The van der Waals surface area contributed by atoms with Gasteiger partial charge in [-0.1, -0.05) is 0 Å². The van der Waals surface area contributed by atoms with E-state index in [-0.39, 0.29) is 24.5 Å². The first kappa shape index (κ1) is 18.6. The summed E-state index contributed by atoms with van der Waals surface area (Å²) < 4.78 is 49.8. The van der Waals surface area contributed by atoms with E-state index >= 15 is 0 Å². The minimum atomic E-state index is -4.89. The van der Waals surface area contributed by atoms with Gasteiger partial charge in [0.05, 0.1) is 18.1 Å². The number of hydrogen-bond donors (Lipinski definition) is 1. The van der Waals surface area contributed by atoms with Crippen LogP contribution in [0.15, 0.2) is 24.3 Å². The lowest BCUT2D eigenvalue weighted by Gasteiger charge is -2.29. The van der Waals surface area contributed by atoms with Gasteiger partial charge in [-0.25, -0.2) is 0 Å². The highest BCUT2D eigenvalue weighted by Gasteiger charge is 2.59. The van der Waals surface area contributed by atoms with Crippen LogP contribution in [0.2, 0.25) is 0 Å². The predicted octanol–water partition coefficient (Wildman–Crippen LogP) is 3.49. The number of halogens is 2. The monoisotopic (exact) mass is 339 g/mol. The number of nitro benzene ring substituents is 1. The van der Waals surface area contributed by atoms with Crippen LogP contribution in [0.4, 0.5) is 14.5 Å². The van der Waals surface area contributed by atoms with E-state index in [4.69, 9.17) is 0 Å². The number of alkyl halides is 2. The summed E-state index contributed by atoms with van der Waals surface area (Å²) in [6.45, 7) is 2.14. The number of benzene rings is 1. The van der Waals surface area contributed by atoms with E-state index in [0.29, 0.717) is 0 Å². The van der Waals surface area contributed by atoms with Crippen molar-refractivity contribution in [3.63, 3.8) is 0 Å². The number of hydrogen-bond acceptors (Lipinski definition) is 6. The van der Waals surface area contributed by atoms with Gasteiger partial charge in [0.25, 0.3) is 5.69 Å². The number of nitrogens with zero attached hydrogens (tertiary/aromatic N) is 1. The standard InChI is InChI=1S/C12H16F2NO6P/c1-3-20-22(19,21-4-2)12(13,14)11(16)9-5-7-10(8-6-9)15(17)18/h5-8,11,16H,3-4H2,1-2H3. The Morgan fingerprint density at radius 2 is 1.73 bits per heavy atom. The quantitative estimate of drug-likeness (QED) is 0.442. The first-order valence-corrected chi connectivity index (χ1v) is 7.93. The zero-order valence-electron chi connectivity index (χ0n) is 11.9. The molecule has 1 atom stereocenters. The third-order valence-electron chi connectivity index (χ3n) is 2.71. The van der Waals surface area contributed by atoms with Gasteiger partial charge in [-0.2, -0.15) is 8.78 Å². The number of aliphatic hydroxyl groups is 1. The molecule has 0 aromatic heterocycles. The molecule has 22 heavy (non-hydrogen) atoms. The van der Waals surface area contributed by atoms with Gasteiger partial charge in [0.1, 0.15) is 0 Å². The molecule has 0 saturated carbocycles. The highest BCUT2D eigenvalue weighted by Crippen LogP contribution is 2.66. The molecule has 1 unspecified atom stereocenters. The van der Waals surface area contributed by atoms with E-state index in [9.17, 15) is 28.6 Å². The molecule has 124 valence electrons. The van der Waals surface area contributed by atoms with Crippen molar-refractivity contribution in [1.29, 1.82) is 0 Å². The van der Waals surface area contributed by atoms with Crippen molar-refractivity contribution in [1.82, 2.24) is 0 Å². The van der Waals surface area contributed by atoms with Crippen LogP contribution in [0.1, 0.15) is 25.5 Å². The van der Waals surface area contributed by atoms with Gasteiger partial charge in [-0.05, 0) is 31.5 Å². The van der Waals surface area contributed by atoms with Gasteiger partial charge < -0.3 is 14.2 Å². The van der Waals surface area contributed by atoms with Crippen LogP contribution in [-0.2, 0) is 13.6 Å². The molecule has 7 nitrogen and oxygen atoms in total. The molecule has 0 aliphatic rings. The first-order valence-electron chi connectivity index (χ1n) is 6.39. The summed E-state index contributed by atoms with van der Waals surface area (Å²) in [5.74, 6) is 0. The van der Waals surface area contributed by atoms with Crippen LogP contribution in [-0.4, -0.2) is 28.9 Å². The topological polar surface area (TPSA) is 98.9 Å². The lowest BCUT2D eigenvalue weighted by molar-refractivity contribution is -0.384. The van der Waals surface area contributed by atoms with Gasteiger partial charge >= 0.3 is 13.3 Å². The van der Waals surface area contributed by atoms with E-state index in [2.05, 4.69) is 9.05 Å². The molecule has 0 bridgehead atoms. The highest BCUT2D eigenvalue weighted by atomic mass is 31.2. The third kappa shape index (κ3) is 3.67. The molecule has 1 aromatic carbocycles. The Morgan fingerprint density at radius 1 is 1.27 bits per heavy atom. The SMILES string of the molecule is CCOP(=O)(OCC)C(F)(F)C(O)c1ccc([N+](=O)[O-])cc1. The maximum absolute atomic E-state index is 14.3. The summed E-state index contributed by atoms with van der Waals surface area (Å²) in [5, 5.41) is 20.3. The molecule has 1 rings (SSSR count). The maximum atomic E-state index is 14.3. The smallest absolute Gasteiger partial charge is 0.381 e. The number of non-ortho nitro benzene ring substituents is 1. The third-order valence-corrected chi connectivity index (χ3v) is 4.88. The molecule has 0 radical (unpaired) electrons. The van der Waals surface area contributed by atoms with Gasteiger partial charge in [0, 0.05) is 12.1 Å². The lowest BCUT2D eigenvalue weighted by atomic mass is 10.1. The van der Waals surface area contributed by atoms with E-state index in [1.54, 1.807) is 0 Å². The van der Waals surface area contributed by atoms with E-state index in [1.807, 2.05) is 0 Å². The molecule has 10 heteroatoms. The number of aliphatic hydroxyl groups excluding tert-OH is 1. The lowest BCUT2D eigenvalue weighted by Crippen LogP contribution is -2.28. The molecular formula is C12H16F2NO6P. The zero-order valence-corrected chi connectivity index (χ0v) is 12.8. The second kappa shape index (κ2) is 7.23. The molecule has 0 amide bonds. The molecule has 1 N–H and O–H groups in total. The molecule has 0 aliphatic heterocycles. The van der Waals surface area contributed by atoms with E-state index in [1.165, 1.54) is 13.8 Å². The van der Waals surface area contributed by atoms with Crippen LogP contribution >= 0.6 is 7.60 Å². The molecule has 0 aliphatic carbocycles. The van der Waals surface area contributed by atoms with Crippen molar-refractivity contribution in [3.05, 3.63) is 39.9 Å². The van der Waals surface area contributed by atoms with Gasteiger partial charge in [0.15, 0.2) is 6.10 Å². The van der Waals surface area contributed by atoms with Crippen LogP contribution < -0.4 is 0 Å². The molecule has 0 spiro atoms. The summed E-state index contributed by atoms with van der Waals surface area (Å²) >= 11 is 0. The Labute approximate surface area is 125 Å². The van der Waals surface area contributed by atoms with Crippen molar-refractivity contribution in [2.75, 3.05) is 13.2 Å². The van der Waals surface area contributed by atoms with Crippen molar-refractivity contribution in [2.45, 2.75) is 25.6 Å². The first-order chi connectivity index (χ1) is 10.2. The fourth-order valence-electron chi connectivity index (χ4n) is 1.68. The summed E-state index contributed by atoms with van der Waals surface area (Å²) in [5.41, 5.74) is -4.86. The summed E-state index contributed by atoms with van der Waals surface area (Å²) in [6, 6.07) is 3.83. The van der Waals surface area contributed by atoms with Crippen LogP contribution in [0.5, 0.6) is 0 Å². The average Bonchev–Trinajstić information content (AvgIpc) is 2.46. The largest absolute Gasteiger partial charge is 0.402 e. The average molecular weight is 339 g/mol. The van der Waals surface area contributed by atoms with Crippen molar-refractivity contribution in [2.24, 2.45) is 0 Å². The van der Waals surface area contributed by atoms with Crippen molar-refractivity contribution in [3.8, 4) is 0 Å². The number of nitro groups is 1.